The number of aliphatic carboxylic acids is 2. The van der Waals surface area contributed by atoms with Gasteiger partial charge in [0.15, 0.2) is 0 Å². The van der Waals surface area contributed by atoms with Gasteiger partial charge in [0.2, 0.25) is 0 Å². The second-order valence-electron chi connectivity index (χ2n) is 6.91. The molecule has 1 aliphatic rings. The molecule has 0 radical (unpaired) electrons. The first-order valence-corrected chi connectivity index (χ1v) is 8.52. The maximum atomic E-state index is 11.7. The van der Waals surface area contributed by atoms with Crippen molar-refractivity contribution in [2.45, 2.75) is 39.2 Å². The van der Waals surface area contributed by atoms with E-state index < -0.39 is 29.7 Å². The van der Waals surface area contributed by atoms with Gasteiger partial charge in [-0.2, -0.15) is 0 Å². The van der Waals surface area contributed by atoms with Crippen LogP contribution in [-0.4, -0.2) is 82.9 Å². The summed E-state index contributed by atoms with van der Waals surface area (Å²) in [6.07, 6.45) is 2.87. The summed E-state index contributed by atoms with van der Waals surface area (Å²) in [4.78, 5) is 46.1. The molecule has 1 fully saturated rings. The van der Waals surface area contributed by atoms with E-state index in [0.717, 1.165) is 19.6 Å². The highest BCUT2D eigenvalue weighted by molar-refractivity contribution is 5.90. The minimum atomic E-state index is -1.26. The van der Waals surface area contributed by atoms with Crippen molar-refractivity contribution in [1.29, 1.82) is 0 Å². The highest BCUT2D eigenvalue weighted by atomic mass is 16.6. The van der Waals surface area contributed by atoms with Crippen LogP contribution in [0, 0.1) is 0 Å². The number of carboxylic acids is 2. The monoisotopic (exact) mass is 387 g/mol. The Balaban J connectivity index is 0.000000713. The number of nitrogens with one attached hydrogen (secondary N) is 1. The normalized spacial score (nSPS) is 14.2. The molecule has 0 unspecified atom stereocenters. The summed E-state index contributed by atoms with van der Waals surface area (Å²) >= 11 is 0. The second kappa shape index (κ2) is 11.9. The van der Waals surface area contributed by atoms with E-state index in [0.29, 0.717) is 18.7 Å². The average Bonchev–Trinajstić information content (AvgIpc) is 3.02. The van der Waals surface area contributed by atoms with E-state index in [2.05, 4.69) is 10.2 Å². The van der Waals surface area contributed by atoms with Gasteiger partial charge in [-0.15, -0.1) is 0 Å². The van der Waals surface area contributed by atoms with Crippen molar-refractivity contribution < 1.29 is 34.1 Å². The van der Waals surface area contributed by atoms with E-state index in [1.807, 2.05) is 0 Å². The van der Waals surface area contributed by atoms with Gasteiger partial charge in [0.25, 0.3) is 0 Å². The number of carbonyl (C=O) groups excluding carboxylic acids is 2. The number of likely N-dealkylation sites (N-methyl/N-ethyl adjacent to an activating group) is 1. The Kier molecular flexibility index (Phi) is 10.7. The molecule has 0 bridgehead atoms. The molecule has 1 rings (SSSR count). The third kappa shape index (κ3) is 14.3. The van der Waals surface area contributed by atoms with Crippen molar-refractivity contribution in [2.75, 3.05) is 33.2 Å². The quantitative estimate of drug-likeness (QED) is 0.602. The van der Waals surface area contributed by atoms with Gasteiger partial charge < -0.3 is 24.7 Å². The minimum absolute atomic E-state index is 0.423. The SMILES string of the molecule is CN(CCN1CCCC1)C(=O)NC(=O)OC(C)(C)C.O=C(O)/C=C/C(=O)O. The van der Waals surface area contributed by atoms with Crippen molar-refractivity contribution in [3.63, 3.8) is 0 Å². The molecule has 0 aromatic carbocycles. The van der Waals surface area contributed by atoms with Gasteiger partial charge in [0.1, 0.15) is 5.60 Å². The predicted octanol–water partition coefficient (Wildman–Crippen LogP) is 1.37. The summed E-state index contributed by atoms with van der Waals surface area (Å²) in [6, 6.07) is -0.423. The zero-order valence-corrected chi connectivity index (χ0v) is 16.2. The first-order chi connectivity index (χ1) is 12.4. The first kappa shape index (κ1) is 24.4. The number of rotatable bonds is 5. The van der Waals surface area contributed by atoms with Crippen LogP contribution in [0.15, 0.2) is 12.2 Å². The molecule has 10 heteroatoms. The zero-order chi connectivity index (χ0) is 21.0. The molecule has 0 spiro atoms. The number of alkyl carbamates (subject to hydrolysis) is 1. The number of ether oxygens (including phenoxy) is 1. The molecule has 1 aliphatic heterocycles. The smallest absolute Gasteiger partial charge is 0.415 e. The second-order valence-corrected chi connectivity index (χ2v) is 6.91. The maximum Gasteiger partial charge on any atom is 0.415 e. The molecular formula is C17H29N3O7. The van der Waals surface area contributed by atoms with Crippen LogP contribution in [0.2, 0.25) is 0 Å². The fourth-order valence-electron chi connectivity index (χ4n) is 2.03. The van der Waals surface area contributed by atoms with Crippen LogP contribution in [-0.2, 0) is 14.3 Å². The summed E-state index contributed by atoms with van der Waals surface area (Å²) < 4.78 is 5.03. The molecule has 3 amide bonds. The van der Waals surface area contributed by atoms with Crippen molar-refractivity contribution in [3.8, 4) is 0 Å². The molecule has 1 saturated heterocycles. The first-order valence-electron chi connectivity index (χ1n) is 8.52. The summed E-state index contributed by atoms with van der Waals surface area (Å²) in [6.45, 7) is 8.92. The van der Waals surface area contributed by atoms with E-state index in [9.17, 15) is 19.2 Å². The number of amides is 3. The van der Waals surface area contributed by atoms with Gasteiger partial charge in [-0.1, -0.05) is 0 Å². The number of urea groups is 1. The van der Waals surface area contributed by atoms with E-state index in [4.69, 9.17) is 14.9 Å². The van der Waals surface area contributed by atoms with Gasteiger partial charge in [-0.05, 0) is 46.7 Å². The van der Waals surface area contributed by atoms with Crippen molar-refractivity contribution in [2.24, 2.45) is 0 Å². The van der Waals surface area contributed by atoms with Gasteiger partial charge in [-0.3, -0.25) is 0 Å². The third-order valence-corrected chi connectivity index (χ3v) is 3.27. The summed E-state index contributed by atoms with van der Waals surface area (Å²) in [5.74, 6) is -2.51. The number of likely N-dealkylation sites (tertiary alicyclic amines) is 1. The van der Waals surface area contributed by atoms with Gasteiger partial charge in [0, 0.05) is 32.3 Å². The van der Waals surface area contributed by atoms with E-state index in [-0.39, 0.29) is 0 Å². The fourth-order valence-corrected chi connectivity index (χ4v) is 2.03. The molecule has 3 N–H and O–H groups in total. The topological polar surface area (TPSA) is 136 Å². The number of nitrogens with zero attached hydrogens (tertiary/aromatic N) is 2. The van der Waals surface area contributed by atoms with Crippen LogP contribution in [0.1, 0.15) is 33.6 Å². The number of imide groups is 1. The lowest BCUT2D eigenvalue weighted by Gasteiger charge is -2.23. The van der Waals surface area contributed by atoms with Gasteiger partial charge >= 0.3 is 24.1 Å². The molecule has 0 aromatic rings. The average molecular weight is 387 g/mol. The van der Waals surface area contributed by atoms with Crippen LogP contribution in [0.4, 0.5) is 9.59 Å². The number of hydrogen-bond donors (Lipinski definition) is 3. The minimum Gasteiger partial charge on any atom is -0.478 e. The van der Waals surface area contributed by atoms with Gasteiger partial charge in [0.05, 0.1) is 0 Å². The molecule has 0 aromatic heterocycles. The Morgan fingerprint density at radius 3 is 1.96 bits per heavy atom. The molecule has 0 saturated carbocycles. The summed E-state index contributed by atoms with van der Waals surface area (Å²) in [5.41, 5.74) is -0.599. The maximum absolute atomic E-state index is 11.7. The highest BCUT2D eigenvalue weighted by Crippen LogP contribution is 2.07. The number of carbonyl (C=O) groups is 4. The number of carboxylic acid groups (broad SMARTS) is 2. The van der Waals surface area contributed by atoms with Crippen molar-refractivity contribution in [3.05, 3.63) is 12.2 Å². The lowest BCUT2D eigenvalue weighted by molar-refractivity contribution is -0.134. The Hall–Kier alpha value is -2.62. The van der Waals surface area contributed by atoms with Crippen LogP contribution >= 0.6 is 0 Å². The van der Waals surface area contributed by atoms with E-state index in [1.54, 1.807) is 27.8 Å². The molecular weight excluding hydrogens is 358 g/mol. The molecule has 0 atom stereocenters. The third-order valence-electron chi connectivity index (χ3n) is 3.27. The largest absolute Gasteiger partial charge is 0.478 e. The summed E-state index contributed by atoms with van der Waals surface area (Å²) in [7, 11) is 1.68. The molecule has 27 heavy (non-hydrogen) atoms. The van der Waals surface area contributed by atoms with Crippen molar-refractivity contribution >= 4 is 24.1 Å². The lowest BCUT2D eigenvalue weighted by Crippen LogP contribution is -2.45. The Labute approximate surface area is 158 Å². The Morgan fingerprint density at radius 2 is 1.56 bits per heavy atom. The van der Waals surface area contributed by atoms with Crippen LogP contribution in [0.3, 0.4) is 0 Å². The zero-order valence-electron chi connectivity index (χ0n) is 16.2. The van der Waals surface area contributed by atoms with Crippen LogP contribution < -0.4 is 5.32 Å². The standard InChI is InChI=1S/C13H25N3O3.C4H4O4/c1-13(2,3)19-12(18)14-11(17)15(4)9-10-16-7-5-6-8-16;5-3(6)1-2-4(7)8/h5-10H2,1-4H3,(H,14,17,18);1-2H,(H,5,6)(H,7,8)/b;2-1+. The Bertz CT molecular complexity index is 533. The highest BCUT2D eigenvalue weighted by Gasteiger charge is 2.20. The van der Waals surface area contributed by atoms with E-state index >= 15 is 0 Å². The Morgan fingerprint density at radius 1 is 1.07 bits per heavy atom. The predicted molar refractivity (Wildman–Crippen MR) is 97.5 cm³/mol. The van der Waals surface area contributed by atoms with Gasteiger partial charge in [-0.25, -0.2) is 24.5 Å². The molecule has 10 nitrogen and oxygen atoms in total. The van der Waals surface area contributed by atoms with Crippen LogP contribution in [0.5, 0.6) is 0 Å². The molecule has 0 aliphatic carbocycles. The van der Waals surface area contributed by atoms with Crippen LogP contribution in [0.25, 0.3) is 0 Å². The van der Waals surface area contributed by atoms with Crippen molar-refractivity contribution in [1.82, 2.24) is 15.1 Å². The molecule has 1 heterocycles. The van der Waals surface area contributed by atoms with E-state index in [1.165, 1.54) is 17.7 Å². The lowest BCUT2D eigenvalue weighted by atomic mass is 10.2. The summed E-state index contributed by atoms with van der Waals surface area (Å²) in [5, 5.41) is 17.8. The fraction of sp³-hybridized carbons (Fsp3) is 0.647. The number of hydrogen-bond acceptors (Lipinski definition) is 6. The molecule has 154 valence electrons.